The van der Waals surface area contributed by atoms with Gasteiger partial charge in [-0.25, -0.2) is 0 Å². The molecule has 0 saturated carbocycles. The van der Waals surface area contributed by atoms with E-state index in [1.165, 1.54) is 0 Å². The number of hydrogen-bond acceptors (Lipinski definition) is 4. The maximum Gasteiger partial charge on any atom is 0.119 e. The number of fused-ring (bicyclic) bond motifs is 1. The van der Waals surface area contributed by atoms with Crippen molar-refractivity contribution in [2.75, 3.05) is 12.4 Å². The molecular formula is C20H21N5O. The Hall–Kier alpha value is -3.28. The second-order valence-corrected chi connectivity index (χ2v) is 6.37. The maximum atomic E-state index is 5.41. The Bertz CT molecular complexity index is 1050. The van der Waals surface area contributed by atoms with Crippen LogP contribution in [0.4, 0.5) is 5.69 Å². The predicted octanol–water partition coefficient (Wildman–Crippen LogP) is 3.81. The Labute approximate surface area is 151 Å². The molecule has 4 aromatic rings. The molecule has 0 aliphatic carbocycles. The quantitative estimate of drug-likeness (QED) is 0.576. The summed E-state index contributed by atoms with van der Waals surface area (Å²) >= 11 is 0. The van der Waals surface area contributed by atoms with Crippen LogP contribution in [0.15, 0.2) is 55.1 Å². The molecular weight excluding hydrogens is 326 g/mol. The molecule has 0 saturated heterocycles. The SMILES string of the molecule is COc1ccc2[nH]cc(C(Nc3ccnc(C)c3)c3cnn(C)c3)c2c1. The molecule has 0 amide bonds. The van der Waals surface area contributed by atoms with E-state index < -0.39 is 0 Å². The lowest BCUT2D eigenvalue weighted by Crippen LogP contribution is -2.11. The van der Waals surface area contributed by atoms with Gasteiger partial charge in [0.1, 0.15) is 5.75 Å². The Morgan fingerprint density at radius 1 is 1.23 bits per heavy atom. The monoisotopic (exact) mass is 347 g/mol. The van der Waals surface area contributed by atoms with Crippen LogP contribution < -0.4 is 10.1 Å². The van der Waals surface area contributed by atoms with E-state index in [9.17, 15) is 0 Å². The summed E-state index contributed by atoms with van der Waals surface area (Å²) in [6.45, 7) is 1.99. The van der Waals surface area contributed by atoms with Gasteiger partial charge < -0.3 is 15.0 Å². The van der Waals surface area contributed by atoms with E-state index in [0.717, 1.165) is 39.2 Å². The molecule has 3 aromatic heterocycles. The average molecular weight is 347 g/mol. The lowest BCUT2D eigenvalue weighted by Gasteiger charge is -2.19. The molecule has 4 rings (SSSR count). The van der Waals surface area contributed by atoms with Gasteiger partial charge in [-0.15, -0.1) is 0 Å². The molecule has 2 N–H and O–H groups in total. The zero-order valence-electron chi connectivity index (χ0n) is 15.0. The summed E-state index contributed by atoms with van der Waals surface area (Å²) in [6, 6.07) is 10.0. The second kappa shape index (κ2) is 6.55. The molecule has 0 radical (unpaired) electrons. The number of methoxy groups -OCH3 is 1. The summed E-state index contributed by atoms with van der Waals surface area (Å²) in [5, 5.41) is 9.10. The Balaban J connectivity index is 1.82. The summed E-state index contributed by atoms with van der Waals surface area (Å²) in [5.41, 5.74) is 5.29. The summed E-state index contributed by atoms with van der Waals surface area (Å²) in [5.74, 6) is 0.836. The molecule has 0 aliphatic heterocycles. The highest BCUT2D eigenvalue weighted by Gasteiger charge is 2.20. The van der Waals surface area contributed by atoms with E-state index in [4.69, 9.17) is 4.74 Å². The fourth-order valence-corrected chi connectivity index (χ4v) is 3.22. The van der Waals surface area contributed by atoms with E-state index in [0.29, 0.717) is 0 Å². The molecule has 6 heteroatoms. The van der Waals surface area contributed by atoms with Crippen molar-refractivity contribution in [3.05, 3.63) is 71.9 Å². The van der Waals surface area contributed by atoms with Gasteiger partial charge in [-0.2, -0.15) is 5.10 Å². The lowest BCUT2D eigenvalue weighted by atomic mass is 10.00. The van der Waals surface area contributed by atoms with Crippen molar-refractivity contribution in [3.8, 4) is 5.75 Å². The van der Waals surface area contributed by atoms with Crippen LogP contribution in [0.3, 0.4) is 0 Å². The van der Waals surface area contributed by atoms with Gasteiger partial charge in [-0.05, 0) is 37.3 Å². The normalized spacial score (nSPS) is 12.3. The number of nitrogens with one attached hydrogen (secondary N) is 2. The third-order valence-corrected chi connectivity index (χ3v) is 4.50. The van der Waals surface area contributed by atoms with Crippen molar-refractivity contribution in [2.45, 2.75) is 13.0 Å². The van der Waals surface area contributed by atoms with E-state index in [-0.39, 0.29) is 6.04 Å². The van der Waals surface area contributed by atoms with Crippen LogP contribution in [0.5, 0.6) is 5.75 Å². The van der Waals surface area contributed by atoms with Gasteiger partial charge in [0.2, 0.25) is 0 Å². The molecule has 3 heterocycles. The Morgan fingerprint density at radius 2 is 2.12 bits per heavy atom. The van der Waals surface area contributed by atoms with Crippen molar-refractivity contribution in [1.82, 2.24) is 19.7 Å². The highest BCUT2D eigenvalue weighted by molar-refractivity contribution is 5.86. The number of rotatable bonds is 5. The van der Waals surface area contributed by atoms with Crippen molar-refractivity contribution in [1.29, 1.82) is 0 Å². The predicted molar refractivity (Wildman–Crippen MR) is 102 cm³/mol. The van der Waals surface area contributed by atoms with Crippen LogP contribution in [0.1, 0.15) is 22.9 Å². The Kier molecular flexibility index (Phi) is 4.08. The Morgan fingerprint density at radius 3 is 2.85 bits per heavy atom. The first kappa shape index (κ1) is 16.2. The minimum atomic E-state index is -0.0497. The summed E-state index contributed by atoms with van der Waals surface area (Å²) in [4.78, 5) is 7.64. The van der Waals surface area contributed by atoms with Gasteiger partial charge in [0.15, 0.2) is 0 Å². The van der Waals surface area contributed by atoms with Crippen molar-refractivity contribution >= 4 is 16.6 Å². The van der Waals surface area contributed by atoms with E-state index in [1.54, 1.807) is 7.11 Å². The standard InChI is InChI=1S/C20H21N5O/c1-13-8-15(6-7-21-13)24-20(14-10-23-25(2)12-14)18-11-22-19-5-4-16(26-3)9-17(18)19/h4-12,20,22H,1-3H3,(H,21,24). The maximum absolute atomic E-state index is 5.41. The van der Waals surface area contributed by atoms with Gasteiger partial charge in [-0.1, -0.05) is 0 Å². The average Bonchev–Trinajstić information content (AvgIpc) is 3.25. The molecule has 0 spiro atoms. The number of nitrogens with zero attached hydrogens (tertiary/aromatic N) is 3. The molecule has 0 fully saturated rings. The number of benzene rings is 1. The zero-order chi connectivity index (χ0) is 18.1. The molecule has 6 nitrogen and oxygen atoms in total. The van der Waals surface area contributed by atoms with Gasteiger partial charge in [0.05, 0.1) is 19.3 Å². The van der Waals surface area contributed by atoms with Crippen LogP contribution in [-0.2, 0) is 7.05 Å². The van der Waals surface area contributed by atoms with Gasteiger partial charge >= 0.3 is 0 Å². The number of aryl methyl sites for hydroxylation is 2. The van der Waals surface area contributed by atoms with E-state index in [2.05, 4.69) is 26.4 Å². The van der Waals surface area contributed by atoms with Gasteiger partial charge in [0, 0.05) is 59.0 Å². The first-order valence-electron chi connectivity index (χ1n) is 8.47. The number of hydrogen-bond donors (Lipinski definition) is 2. The molecule has 1 aromatic carbocycles. The third kappa shape index (κ3) is 3.01. The van der Waals surface area contributed by atoms with Gasteiger partial charge in [0.25, 0.3) is 0 Å². The number of aromatic nitrogens is 4. The molecule has 1 unspecified atom stereocenters. The van der Waals surface area contributed by atoms with Crippen molar-refractivity contribution < 1.29 is 4.74 Å². The van der Waals surface area contributed by atoms with E-state index >= 15 is 0 Å². The smallest absolute Gasteiger partial charge is 0.119 e. The van der Waals surface area contributed by atoms with Crippen molar-refractivity contribution in [3.63, 3.8) is 0 Å². The van der Waals surface area contributed by atoms with Crippen LogP contribution in [-0.4, -0.2) is 26.9 Å². The lowest BCUT2D eigenvalue weighted by molar-refractivity contribution is 0.415. The first-order chi connectivity index (χ1) is 12.6. The highest BCUT2D eigenvalue weighted by Crippen LogP contribution is 2.33. The topological polar surface area (TPSA) is 67.8 Å². The summed E-state index contributed by atoms with van der Waals surface area (Å²) in [6.07, 6.45) is 7.79. The molecule has 0 aliphatic rings. The first-order valence-corrected chi connectivity index (χ1v) is 8.47. The molecule has 132 valence electrons. The number of aromatic amines is 1. The summed E-state index contributed by atoms with van der Waals surface area (Å²) in [7, 11) is 3.61. The molecule has 0 bridgehead atoms. The largest absolute Gasteiger partial charge is 0.497 e. The minimum Gasteiger partial charge on any atom is -0.497 e. The number of ether oxygens (including phenoxy) is 1. The van der Waals surface area contributed by atoms with Crippen LogP contribution in [0.25, 0.3) is 10.9 Å². The van der Waals surface area contributed by atoms with E-state index in [1.807, 2.05) is 67.7 Å². The number of pyridine rings is 1. The van der Waals surface area contributed by atoms with Crippen molar-refractivity contribution in [2.24, 2.45) is 7.05 Å². The van der Waals surface area contributed by atoms with Crippen LogP contribution in [0.2, 0.25) is 0 Å². The molecule has 1 atom stereocenters. The number of H-pyrrole nitrogens is 1. The molecule has 26 heavy (non-hydrogen) atoms. The highest BCUT2D eigenvalue weighted by atomic mass is 16.5. The van der Waals surface area contributed by atoms with Crippen LogP contribution in [0, 0.1) is 6.92 Å². The third-order valence-electron chi connectivity index (χ3n) is 4.50. The zero-order valence-corrected chi connectivity index (χ0v) is 15.0. The number of anilines is 1. The fraction of sp³-hybridized carbons (Fsp3) is 0.200. The van der Waals surface area contributed by atoms with Crippen LogP contribution >= 0.6 is 0 Å². The van der Waals surface area contributed by atoms with Gasteiger partial charge in [-0.3, -0.25) is 9.67 Å². The summed E-state index contributed by atoms with van der Waals surface area (Å²) < 4.78 is 7.23. The fourth-order valence-electron chi connectivity index (χ4n) is 3.22. The minimum absolute atomic E-state index is 0.0497. The second-order valence-electron chi connectivity index (χ2n) is 6.37.